The molecule has 1 aromatic rings. The Morgan fingerprint density at radius 2 is 1.95 bits per heavy atom. The SMILES string of the molecule is CC1CC(C)C(C)N(C(CC(N)=S)c2ccccc2)C1. The average Bonchev–Trinajstić information content (AvgIpc) is 2.41. The molecule has 2 N–H and O–H groups in total. The molecule has 110 valence electrons. The van der Waals surface area contributed by atoms with Crippen molar-refractivity contribution in [3.8, 4) is 0 Å². The minimum atomic E-state index is 0.314. The van der Waals surface area contributed by atoms with Crippen LogP contribution in [0.4, 0.5) is 0 Å². The van der Waals surface area contributed by atoms with Gasteiger partial charge in [-0.2, -0.15) is 0 Å². The molecular weight excluding hydrogens is 264 g/mol. The van der Waals surface area contributed by atoms with Gasteiger partial charge in [0, 0.05) is 25.0 Å². The molecule has 0 spiro atoms. The summed E-state index contributed by atoms with van der Waals surface area (Å²) < 4.78 is 0. The van der Waals surface area contributed by atoms with Gasteiger partial charge in [-0.25, -0.2) is 0 Å². The first-order chi connectivity index (χ1) is 9.49. The summed E-state index contributed by atoms with van der Waals surface area (Å²) in [6.07, 6.45) is 2.08. The molecule has 1 aromatic carbocycles. The minimum absolute atomic E-state index is 0.314. The Kier molecular flexibility index (Phi) is 5.17. The third kappa shape index (κ3) is 3.58. The van der Waals surface area contributed by atoms with Gasteiger partial charge in [0.2, 0.25) is 0 Å². The second-order valence-electron chi connectivity index (χ2n) is 6.35. The van der Waals surface area contributed by atoms with E-state index >= 15 is 0 Å². The largest absolute Gasteiger partial charge is 0.393 e. The Morgan fingerprint density at radius 3 is 2.55 bits per heavy atom. The second-order valence-corrected chi connectivity index (χ2v) is 6.88. The van der Waals surface area contributed by atoms with Gasteiger partial charge in [0.15, 0.2) is 0 Å². The summed E-state index contributed by atoms with van der Waals surface area (Å²) in [6.45, 7) is 8.17. The molecule has 4 unspecified atom stereocenters. The van der Waals surface area contributed by atoms with Crippen LogP contribution in [0.5, 0.6) is 0 Å². The van der Waals surface area contributed by atoms with Crippen LogP contribution in [-0.4, -0.2) is 22.5 Å². The number of piperidine rings is 1. The van der Waals surface area contributed by atoms with Crippen LogP contribution in [-0.2, 0) is 0 Å². The number of hydrogen-bond acceptors (Lipinski definition) is 2. The van der Waals surface area contributed by atoms with E-state index in [0.29, 0.717) is 17.1 Å². The van der Waals surface area contributed by atoms with Crippen molar-refractivity contribution in [1.29, 1.82) is 0 Å². The molecule has 1 aliphatic rings. The van der Waals surface area contributed by atoms with Gasteiger partial charge in [-0.3, -0.25) is 4.90 Å². The fourth-order valence-corrected chi connectivity index (χ4v) is 3.62. The Labute approximate surface area is 128 Å². The van der Waals surface area contributed by atoms with Gasteiger partial charge < -0.3 is 5.73 Å². The number of nitrogens with zero attached hydrogens (tertiary/aromatic N) is 1. The first-order valence-corrected chi connectivity index (χ1v) is 7.98. The zero-order chi connectivity index (χ0) is 14.7. The zero-order valence-corrected chi connectivity index (χ0v) is 13.6. The van der Waals surface area contributed by atoms with Crippen molar-refractivity contribution in [3.63, 3.8) is 0 Å². The number of likely N-dealkylation sites (tertiary alicyclic amines) is 1. The maximum absolute atomic E-state index is 5.86. The Morgan fingerprint density at radius 1 is 1.30 bits per heavy atom. The quantitative estimate of drug-likeness (QED) is 0.856. The van der Waals surface area contributed by atoms with E-state index in [-0.39, 0.29) is 0 Å². The topological polar surface area (TPSA) is 29.3 Å². The molecule has 3 heteroatoms. The van der Waals surface area contributed by atoms with E-state index in [1.165, 1.54) is 12.0 Å². The molecule has 0 bridgehead atoms. The van der Waals surface area contributed by atoms with E-state index in [1.54, 1.807) is 0 Å². The summed E-state index contributed by atoms with van der Waals surface area (Å²) in [5, 5.41) is 0. The van der Waals surface area contributed by atoms with E-state index < -0.39 is 0 Å². The van der Waals surface area contributed by atoms with Crippen molar-refractivity contribution in [2.24, 2.45) is 17.6 Å². The van der Waals surface area contributed by atoms with Gasteiger partial charge in [-0.05, 0) is 30.7 Å². The van der Waals surface area contributed by atoms with E-state index in [4.69, 9.17) is 18.0 Å². The standard InChI is InChI=1S/C17H26N2S/c1-12-9-13(2)14(3)19(11-12)16(10-17(18)20)15-7-5-4-6-8-15/h4-8,12-14,16H,9-11H2,1-3H3,(H2,18,20). The van der Waals surface area contributed by atoms with Crippen LogP contribution in [0.25, 0.3) is 0 Å². The van der Waals surface area contributed by atoms with Gasteiger partial charge in [0.05, 0.1) is 4.99 Å². The zero-order valence-electron chi connectivity index (χ0n) is 12.8. The van der Waals surface area contributed by atoms with Crippen LogP contribution in [0, 0.1) is 11.8 Å². The lowest BCUT2D eigenvalue weighted by Crippen LogP contribution is -2.48. The molecule has 1 fully saturated rings. The van der Waals surface area contributed by atoms with Gasteiger partial charge in [0.1, 0.15) is 0 Å². The predicted molar refractivity (Wildman–Crippen MR) is 89.7 cm³/mol. The van der Waals surface area contributed by atoms with Gasteiger partial charge in [-0.1, -0.05) is 56.4 Å². The maximum atomic E-state index is 5.86. The normalized spacial score (nSPS) is 29.1. The van der Waals surface area contributed by atoms with Crippen molar-refractivity contribution in [2.75, 3.05) is 6.54 Å². The summed E-state index contributed by atoms with van der Waals surface area (Å²) >= 11 is 5.19. The monoisotopic (exact) mass is 290 g/mol. The molecule has 4 atom stereocenters. The van der Waals surface area contributed by atoms with E-state index in [0.717, 1.165) is 24.8 Å². The lowest BCUT2D eigenvalue weighted by atomic mass is 9.83. The van der Waals surface area contributed by atoms with Crippen LogP contribution in [0.1, 0.15) is 45.2 Å². The molecule has 0 radical (unpaired) electrons. The third-order valence-electron chi connectivity index (χ3n) is 4.62. The fourth-order valence-electron chi connectivity index (χ4n) is 3.46. The summed E-state index contributed by atoms with van der Waals surface area (Å²) in [4.78, 5) is 3.21. The van der Waals surface area contributed by atoms with Crippen molar-refractivity contribution in [3.05, 3.63) is 35.9 Å². The molecule has 1 heterocycles. The van der Waals surface area contributed by atoms with Crippen LogP contribution in [0.2, 0.25) is 0 Å². The highest BCUT2D eigenvalue weighted by molar-refractivity contribution is 7.80. The Hall–Kier alpha value is -0.930. The summed E-state index contributed by atoms with van der Waals surface area (Å²) in [7, 11) is 0. The van der Waals surface area contributed by atoms with Crippen molar-refractivity contribution >= 4 is 17.2 Å². The van der Waals surface area contributed by atoms with Gasteiger partial charge in [-0.15, -0.1) is 0 Å². The Bertz CT molecular complexity index is 446. The lowest BCUT2D eigenvalue weighted by Gasteiger charge is -2.45. The summed E-state index contributed by atoms with van der Waals surface area (Å²) in [6, 6.07) is 11.5. The first kappa shape index (κ1) is 15.5. The van der Waals surface area contributed by atoms with E-state index in [9.17, 15) is 0 Å². The number of thiocarbonyl (C=S) groups is 1. The molecule has 2 rings (SSSR count). The smallest absolute Gasteiger partial charge is 0.0746 e. The highest BCUT2D eigenvalue weighted by Gasteiger charge is 2.34. The summed E-state index contributed by atoms with van der Waals surface area (Å²) in [5.74, 6) is 1.45. The molecular formula is C17H26N2S. The predicted octanol–water partition coefficient (Wildman–Crippen LogP) is 3.77. The third-order valence-corrected chi connectivity index (χ3v) is 4.79. The summed E-state index contributed by atoms with van der Waals surface area (Å²) in [5.41, 5.74) is 7.18. The molecule has 0 saturated carbocycles. The van der Waals surface area contributed by atoms with Crippen LogP contribution in [0.15, 0.2) is 30.3 Å². The highest BCUT2D eigenvalue weighted by atomic mass is 32.1. The molecule has 20 heavy (non-hydrogen) atoms. The van der Waals surface area contributed by atoms with E-state index in [1.807, 2.05) is 0 Å². The lowest BCUT2D eigenvalue weighted by molar-refractivity contribution is 0.0419. The van der Waals surface area contributed by atoms with Crippen LogP contribution in [0.3, 0.4) is 0 Å². The number of benzene rings is 1. The van der Waals surface area contributed by atoms with Crippen LogP contribution < -0.4 is 5.73 Å². The maximum Gasteiger partial charge on any atom is 0.0746 e. The molecule has 0 aliphatic carbocycles. The van der Waals surface area contributed by atoms with Crippen molar-refractivity contribution in [1.82, 2.24) is 4.90 Å². The Balaban J connectivity index is 2.28. The molecule has 1 saturated heterocycles. The van der Waals surface area contributed by atoms with E-state index in [2.05, 4.69) is 56.0 Å². The number of hydrogen-bond donors (Lipinski definition) is 1. The molecule has 0 amide bonds. The first-order valence-electron chi connectivity index (χ1n) is 7.58. The molecule has 2 nitrogen and oxygen atoms in total. The number of nitrogens with two attached hydrogens (primary N) is 1. The fraction of sp³-hybridized carbons (Fsp3) is 0.588. The number of rotatable bonds is 4. The van der Waals surface area contributed by atoms with Crippen molar-refractivity contribution < 1.29 is 0 Å². The van der Waals surface area contributed by atoms with Crippen LogP contribution >= 0.6 is 12.2 Å². The van der Waals surface area contributed by atoms with Gasteiger partial charge >= 0.3 is 0 Å². The molecule has 0 aromatic heterocycles. The average molecular weight is 290 g/mol. The van der Waals surface area contributed by atoms with Crippen molar-refractivity contribution in [2.45, 2.75) is 45.7 Å². The molecule has 1 aliphatic heterocycles. The highest BCUT2D eigenvalue weighted by Crippen LogP contribution is 2.35. The minimum Gasteiger partial charge on any atom is -0.393 e. The second kappa shape index (κ2) is 6.68. The van der Waals surface area contributed by atoms with Gasteiger partial charge in [0.25, 0.3) is 0 Å².